The van der Waals surface area contributed by atoms with Gasteiger partial charge < -0.3 is 0 Å². The van der Waals surface area contributed by atoms with Gasteiger partial charge in [0.25, 0.3) is 0 Å². The molecule has 3 rings (SSSR count). The number of benzene rings is 3. The van der Waals surface area contributed by atoms with Gasteiger partial charge in [0.15, 0.2) is 11.6 Å². The normalized spacial score (nSPS) is 10.6. The SMILES string of the molecule is Cc1ccc(-c2ccc(-c3cccc(F)c3F)cc2)cc1. The van der Waals surface area contributed by atoms with Gasteiger partial charge in [0, 0.05) is 5.56 Å². The van der Waals surface area contributed by atoms with Crippen LogP contribution in [0.4, 0.5) is 8.78 Å². The van der Waals surface area contributed by atoms with Gasteiger partial charge in [-0.1, -0.05) is 66.2 Å². The third-order valence-corrected chi connectivity index (χ3v) is 3.53. The van der Waals surface area contributed by atoms with E-state index in [1.807, 2.05) is 43.3 Å². The van der Waals surface area contributed by atoms with Crippen LogP contribution in [0.25, 0.3) is 22.3 Å². The standard InChI is InChI=1S/C19H14F2/c1-13-5-7-14(8-6-13)15-9-11-16(12-10-15)17-3-2-4-18(20)19(17)21/h2-12H,1H3. The van der Waals surface area contributed by atoms with Crippen LogP contribution < -0.4 is 0 Å². The summed E-state index contributed by atoms with van der Waals surface area (Å²) in [7, 11) is 0. The number of aryl methyl sites for hydroxylation is 1. The second-order valence-electron chi connectivity index (χ2n) is 5.04. The highest BCUT2D eigenvalue weighted by atomic mass is 19.2. The number of halogens is 2. The highest BCUT2D eigenvalue weighted by molar-refractivity contribution is 5.70. The molecule has 0 aromatic heterocycles. The Balaban J connectivity index is 1.97. The van der Waals surface area contributed by atoms with Crippen molar-refractivity contribution in [1.82, 2.24) is 0 Å². The summed E-state index contributed by atoms with van der Waals surface area (Å²) in [5.74, 6) is -1.63. The average molecular weight is 280 g/mol. The molecule has 0 fully saturated rings. The quantitative estimate of drug-likeness (QED) is 0.572. The molecule has 0 aliphatic rings. The van der Waals surface area contributed by atoms with Crippen LogP contribution >= 0.6 is 0 Å². The number of rotatable bonds is 2. The molecule has 2 heteroatoms. The van der Waals surface area contributed by atoms with Gasteiger partial charge in [-0.2, -0.15) is 0 Å². The Morgan fingerprint density at radius 2 is 1.14 bits per heavy atom. The molecule has 0 bridgehead atoms. The van der Waals surface area contributed by atoms with E-state index in [4.69, 9.17) is 0 Å². The average Bonchev–Trinajstić information content (AvgIpc) is 2.51. The molecule has 0 amide bonds. The summed E-state index contributed by atoms with van der Waals surface area (Å²) >= 11 is 0. The monoisotopic (exact) mass is 280 g/mol. The lowest BCUT2D eigenvalue weighted by Gasteiger charge is -2.07. The summed E-state index contributed by atoms with van der Waals surface area (Å²) in [6, 6.07) is 19.9. The van der Waals surface area contributed by atoms with Crippen molar-refractivity contribution in [2.45, 2.75) is 6.92 Å². The minimum atomic E-state index is -0.824. The highest BCUT2D eigenvalue weighted by Crippen LogP contribution is 2.27. The maximum atomic E-state index is 13.8. The maximum absolute atomic E-state index is 13.8. The van der Waals surface area contributed by atoms with Gasteiger partial charge in [-0.15, -0.1) is 0 Å². The smallest absolute Gasteiger partial charge is 0.166 e. The van der Waals surface area contributed by atoms with Gasteiger partial charge in [0.1, 0.15) is 0 Å². The third-order valence-electron chi connectivity index (χ3n) is 3.53. The molecule has 0 nitrogen and oxygen atoms in total. The highest BCUT2D eigenvalue weighted by Gasteiger charge is 2.09. The van der Waals surface area contributed by atoms with E-state index < -0.39 is 11.6 Å². The summed E-state index contributed by atoms with van der Waals surface area (Å²) in [5, 5.41) is 0. The van der Waals surface area contributed by atoms with Crippen LogP contribution in [-0.4, -0.2) is 0 Å². The molecule has 0 saturated carbocycles. The van der Waals surface area contributed by atoms with Gasteiger partial charge in [-0.25, -0.2) is 8.78 Å². The van der Waals surface area contributed by atoms with Crippen LogP contribution in [0.1, 0.15) is 5.56 Å². The lowest BCUT2D eigenvalue weighted by molar-refractivity contribution is 0.511. The number of hydrogen-bond donors (Lipinski definition) is 0. The van der Waals surface area contributed by atoms with Gasteiger partial charge >= 0.3 is 0 Å². The molecule has 21 heavy (non-hydrogen) atoms. The largest absolute Gasteiger partial charge is 0.204 e. The first kappa shape index (κ1) is 13.5. The van der Waals surface area contributed by atoms with Crippen LogP contribution in [0.5, 0.6) is 0 Å². The topological polar surface area (TPSA) is 0 Å². The molecule has 0 spiro atoms. The zero-order valence-corrected chi connectivity index (χ0v) is 11.6. The van der Waals surface area contributed by atoms with E-state index in [1.165, 1.54) is 11.6 Å². The summed E-state index contributed by atoms with van der Waals surface area (Å²) < 4.78 is 27.1. The Kier molecular flexibility index (Phi) is 3.53. The van der Waals surface area contributed by atoms with Crippen molar-refractivity contribution >= 4 is 0 Å². The molecule has 0 aliphatic carbocycles. The van der Waals surface area contributed by atoms with Crippen LogP contribution in [0.3, 0.4) is 0 Å². The predicted octanol–water partition coefficient (Wildman–Crippen LogP) is 5.61. The molecule has 0 unspecified atom stereocenters. The van der Waals surface area contributed by atoms with Crippen molar-refractivity contribution in [2.75, 3.05) is 0 Å². The summed E-state index contributed by atoms with van der Waals surface area (Å²) in [5.41, 5.74) is 4.31. The Labute approximate surface area is 122 Å². The Hall–Kier alpha value is -2.48. The zero-order valence-electron chi connectivity index (χ0n) is 11.6. The molecular formula is C19H14F2. The van der Waals surface area contributed by atoms with Crippen molar-refractivity contribution in [3.8, 4) is 22.3 Å². The third kappa shape index (κ3) is 2.70. The molecule has 0 N–H and O–H groups in total. The van der Waals surface area contributed by atoms with E-state index in [-0.39, 0.29) is 5.56 Å². The van der Waals surface area contributed by atoms with Crippen molar-refractivity contribution < 1.29 is 8.78 Å². The first-order valence-electron chi connectivity index (χ1n) is 6.76. The molecule has 0 aliphatic heterocycles. The molecule has 0 radical (unpaired) electrons. The van der Waals surface area contributed by atoms with Crippen molar-refractivity contribution in [3.63, 3.8) is 0 Å². The maximum Gasteiger partial charge on any atom is 0.166 e. The van der Waals surface area contributed by atoms with Crippen molar-refractivity contribution in [3.05, 3.63) is 83.9 Å². The fourth-order valence-corrected chi connectivity index (χ4v) is 2.31. The molecule has 3 aromatic carbocycles. The molecule has 3 aromatic rings. The van der Waals surface area contributed by atoms with E-state index in [2.05, 4.69) is 12.1 Å². The second kappa shape index (κ2) is 5.49. The number of hydrogen-bond acceptors (Lipinski definition) is 0. The Bertz CT molecular complexity index is 757. The molecule has 0 saturated heterocycles. The first-order chi connectivity index (χ1) is 10.1. The van der Waals surface area contributed by atoms with E-state index in [9.17, 15) is 8.78 Å². The van der Waals surface area contributed by atoms with Crippen LogP contribution in [-0.2, 0) is 0 Å². The van der Waals surface area contributed by atoms with E-state index in [0.717, 1.165) is 17.2 Å². The van der Waals surface area contributed by atoms with Crippen LogP contribution in [0, 0.1) is 18.6 Å². The van der Waals surface area contributed by atoms with Crippen molar-refractivity contribution in [1.29, 1.82) is 0 Å². The lowest BCUT2D eigenvalue weighted by atomic mass is 9.99. The Morgan fingerprint density at radius 3 is 1.76 bits per heavy atom. The van der Waals surface area contributed by atoms with Gasteiger partial charge in [-0.3, -0.25) is 0 Å². The molecule has 104 valence electrons. The van der Waals surface area contributed by atoms with Crippen LogP contribution in [0.15, 0.2) is 66.7 Å². The summed E-state index contributed by atoms with van der Waals surface area (Å²) in [4.78, 5) is 0. The predicted molar refractivity (Wildman–Crippen MR) is 82.0 cm³/mol. The fourth-order valence-electron chi connectivity index (χ4n) is 2.31. The minimum absolute atomic E-state index is 0.283. The van der Waals surface area contributed by atoms with E-state index >= 15 is 0 Å². The summed E-state index contributed by atoms with van der Waals surface area (Å²) in [6.07, 6.45) is 0. The molecule has 0 atom stereocenters. The lowest BCUT2D eigenvalue weighted by Crippen LogP contribution is -1.89. The van der Waals surface area contributed by atoms with Crippen molar-refractivity contribution in [2.24, 2.45) is 0 Å². The fraction of sp³-hybridized carbons (Fsp3) is 0.0526. The van der Waals surface area contributed by atoms with Gasteiger partial charge in [0.05, 0.1) is 0 Å². The molecule has 0 heterocycles. The molecular weight excluding hydrogens is 266 g/mol. The van der Waals surface area contributed by atoms with Crippen LogP contribution in [0.2, 0.25) is 0 Å². The zero-order chi connectivity index (χ0) is 14.8. The summed E-state index contributed by atoms with van der Waals surface area (Å²) in [6.45, 7) is 2.04. The second-order valence-corrected chi connectivity index (χ2v) is 5.04. The first-order valence-corrected chi connectivity index (χ1v) is 6.76. The Morgan fingerprint density at radius 1 is 0.619 bits per heavy atom. The van der Waals surface area contributed by atoms with Gasteiger partial charge in [0.2, 0.25) is 0 Å². The van der Waals surface area contributed by atoms with Gasteiger partial charge in [-0.05, 0) is 29.7 Å². The van der Waals surface area contributed by atoms with E-state index in [1.54, 1.807) is 6.07 Å². The van der Waals surface area contributed by atoms with E-state index in [0.29, 0.717) is 5.56 Å². The minimum Gasteiger partial charge on any atom is -0.204 e.